The molecule has 2 amide bonds. The van der Waals surface area contributed by atoms with Gasteiger partial charge in [0, 0.05) is 36.1 Å². The number of aromatic amines is 1. The lowest BCUT2D eigenvalue weighted by Gasteiger charge is -2.09. The number of rotatable bonds is 8. The zero-order valence-electron chi connectivity index (χ0n) is 17.7. The molecule has 2 aromatic carbocycles. The average molecular weight is 481 g/mol. The highest BCUT2D eigenvalue weighted by molar-refractivity contribution is 7.17. The molecular weight excluding hydrogens is 460 g/mol. The van der Waals surface area contributed by atoms with Crippen LogP contribution in [0.2, 0.25) is 5.02 Å². The van der Waals surface area contributed by atoms with Crippen molar-refractivity contribution in [1.29, 1.82) is 0 Å². The van der Waals surface area contributed by atoms with Crippen molar-refractivity contribution in [3.8, 4) is 0 Å². The van der Waals surface area contributed by atoms with Gasteiger partial charge in [-0.15, -0.1) is 0 Å². The summed E-state index contributed by atoms with van der Waals surface area (Å²) < 4.78 is 0. The summed E-state index contributed by atoms with van der Waals surface area (Å²) in [6.07, 6.45) is 5.51. The number of nitrogens with zero attached hydrogens (tertiary/aromatic N) is 2. The number of hydrogen-bond acceptors (Lipinski definition) is 6. The summed E-state index contributed by atoms with van der Waals surface area (Å²) in [7, 11) is 0. The van der Waals surface area contributed by atoms with Crippen molar-refractivity contribution in [2.75, 3.05) is 17.2 Å². The monoisotopic (exact) mass is 480 g/mol. The fourth-order valence-electron chi connectivity index (χ4n) is 3.10. The first kappa shape index (κ1) is 22.5. The van der Waals surface area contributed by atoms with E-state index in [1.165, 1.54) is 17.5 Å². The van der Waals surface area contributed by atoms with Gasteiger partial charge in [-0.3, -0.25) is 9.59 Å². The molecule has 168 valence electrons. The maximum absolute atomic E-state index is 12.6. The van der Waals surface area contributed by atoms with Crippen LogP contribution in [-0.2, 0) is 6.42 Å². The number of aryl methyl sites for hydroxylation is 1. The minimum atomic E-state index is -0.290. The van der Waals surface area contributed by atoms with Crippen LogP contribution in [0.25, 0.3) is 0 Å². The van der Waals surface area contributed by atoms with Crippen molar-refractivity contribution in [3.63, 3.8) is 0 Å². The van der Waals surface area contributed by atoms with E-state index >= 15 is 0 Å². The van der Waals surface area contributed by atoms with Crippen LogP contribution in [0.4, 0.5) is 16.5 Å². The Morgan fingerprint density at radius 3 is 2.76 bits per heavy atom. The number of thiazole rings is 1. The van der Waals surface area contributed by atoms with Crippen molar-refractivity contribution in [2.45, 2.75) is 13.3 Å². The lowest BCUT2D eigenvalue weighted by atomic mass is 10.2. The SMILES string of the molecule is Cc1cccc(Cl)c1NC(=O)c1cnc(Nc2cccc(C(=O)NCCc3cnc[nH]3)c2)s1. The van der Waals surface area contributed by atoms with E-state index in [4.69, 9.17) is 11.6 Å². The number of imidazole rings is 1. The van der Waals surface area contributed by atoms with Crippen LogP contribution in [0.1, 0.15) is 31.3 Å². The molecule has 4 rings (SSSR count). The first-order valence-corrected chi connectivity index (χ1v) is 11.3. The highest BCUT2D eigenvalue weighted by Crippen LogP contribution is 2.28. The first-order chi connectivity index (χ1) is 16.0. The highest BCUT2D eigenvalue weighted by atomic mass is 35.5. The van der Waals surface area contributed by atoms with Crippen LogP contribution in [0, 0.1) is 6.92 Å². The molecule has 4 aromatic rings. The van der Waals surface area contributed by atoms with Gasteiger partial charge in [0.1, 0.15) is 4.88 Å². The minimum Gasteiger partial charge on any atom is -0.352 e. The van der Waals surface area contributed by atoms with Crippen molar-refractivity contribution in [1.82, 2.24) is 20.3 Å². The summed E-state index contributed by atoms with van der Waals surface area (Å²) in [4.78, 5) is 36.8. The Kier molecular flexibility index (Phi) is 7.01. The number of amides is 2. The van der Waals surface area contributed by atoms with E-state index in [9.17, 15) is 9.59 Å². The van der Waals surface area contributed by atoms with Gasteiger partial charge in [0.15, 0.2) is 5.13 Å². The summed E-state index contributed by atoms with van der Waals surface area (Å²) in [6.45, 7) is 2.37. The molecule has 0 bridgehead atoms. The molecule has 0 radical (unpaired) electrons. The summed E-state index contributed by atoms with van der Waals surface area (Å²) in [5.74, 6) is -0.463. The smallest absolute Gasteiger partial charge is 0.267 e. The average Bonchev–Trinajstić information content (AvgIpc) is 3.49. The van der Waals surface area contributed by atoms with Gasteiger partial charge in [0.2, 0.25) is 0 Å². The van der Waals surface area contributed by atoms with Crippen molar-refractivity contribution >= 4 is 51.3 Å². The Morgan fingerprint density at radius 2 is 1.97 bits per heavy atom. The lowest BCUT2D eigenvalue weighted by Crippen LogP contribution is -2.25. The van der Waals surface area contributed by atoms with Crippen LogP contribution in [0.3, 0.4) is 0 Å². The second-order valence-electron chi connectivity index (χ2n) is 7.20. The van der Waals surface area contributed by atoms with Crippen LogP contribution >= 0.6 is 22.9 Å². The number of H-pyrrole nitrogens is 1. The Hall–Kier alpha value is -3.69. The molecule has 33 heavy (non-hydrogen) atoms. The molecule has 2 aromatic heterocycles. The molecule has 0 atom stereocenters. The van der Waals surface area contributed by atoms with E-state index in [0.717, 1.165) is 11.3 Å². The molecular formula is C23H21ClN6O2S. The number of hydrogen-bond donors (Lipinski definition) is 4. The molecule has 10 heteroatoms. The molecule has 0 saturated heterocycles. The van der Waals surface area contributed by atoms with Crippen LogP contribution in [-0.4, -0.2) is 33.3 Å². The van der Waals surface area contributed by atoms with E-state index in [0.29, 0.717) is 44.9 Å². The van der Waals surface area contributed by atoms with Gasteiger partial charge in [-0.05, 0) is 36.8 Å². The topological polar surface area (TPSA) is 112 Å². The number of anilines is 3. The van der Waals surface area contributed by atoms with Crippen molar-refractivity contribution < 1.29 is 9.59 Å². The van der Waals surface area contributed by atoms with Crippen molar-refractivity contribution in [2.24, 2.45) is 0 Å². The first-order valence-electron chi connectivity index (χ1n) is 10.1. The normalized spacial score (nSPS) is 10.6. The van der Waals surface area contributed by atoms with Crippen molar-refractivity contribution in [3.05, 3.63) is 87.9 Å². The van der Waals surface area contributed by atoms with Gasteiger partial charge in [0.05, 0.1) is 23.2 Å². The number of aromatic nitrogens is 3. The molecule has 0 saturated carbocycles. The number of benzene rings is 2. The Bertz CT molecular complexity index is 1250. The fourth-order valence-corrected chi connectivity index (χ4v) is 4.10. The second-order valence-corrected chi connectivity index (χ2v) is 8.64. The fraction of sp³-hybridized carbons (Fsp3) is 0.130. The predicted molar refractivity (Wildman–Crippen MR) is 131 cm³/mol. The predicted octanol–water partition coefficient (Wildman–Crippen LogP) is 4.80. The van der Waals surface area contributed by atoms with Gasteiger partial charge in [-0.25, -0.2) is 9.97 Å². The Labute approximate surface area is 199 Å². The summed E-state index contributed by atoms with van der Waals surface area (Å²) in [5.41, 5.74) is 3.63. The zero-order chi connectivity index (χ0) is 23.2. The molecule has 0 aliphatic carbocycles. The third-order valence-corrected chi connectivity index (χ3v) is 6.03. The van der Waals surface area contributed by atoms with E-state index in [2.05, 4.69) is 30.9 Å². The van der Waals surface area contributed by atoms with E-state index in [-0.39, 0.29) is 11.8 Å². The molecule has 8 nitrogen and oxygen atoms in total. The van der Waals surface area contributed by atoms with Gasteiger partial charge in [-0.1, -0.05) is 41.1 Å². The van der Waals surface area contributed by atoms with Gasteiger partial charge in [-0.2, -0.15) is 0 Å². The van der Waals surface area contributed by atoms with Crippen LogP contribution in [0.5, 0.6) is 0 Å². The van der Waals surface area contributed by atoms with Gasteiger partial charge < -0.3 is 20.9 Å². The lowest BCUT2D eigenvalue weighted by molar-refractivity contribution is 0.0953. The number of carbonyl (C=O) groups is 2. The highest BCUT2D eigenvalue weighted by Gasteiger charge is 2.14. The largest absolute Gasteiger partial charge is 0.352 e. The molecule has 2 heterocycles. The molecule has 4 N–H and O–H groups in total. The van der Waals surface area contributed by atoms with E-state index in [1.807, 2.05) is 25.1 Å². The second kappa shape index (κ2) is 10.3. The Balaban J connectivity index is 1.36. The number of halogens is 1. The standard InChI is InChI=1S/C23H21ClN6O2S/c1-14-4-2-7-18(24)20(14)30-22(32)19-12-27-23(33-19)29-16-6-3-5-15(10-16)21(31)26-9-8-17-11-25-13-28-17/h2-7,10-13H,8-9H2,1H3,(H,25,28)(H,26,31)(H,27,29)(H,30,32). The van der Waals surface area contributed by atoms with Gasteiger partial charge in [0.25, 0.3) is 11.8 Å². The number of carbonyl (C=O) groups excluding carboxylic acids is 2. The summed E-state index contributed by atoms with van der Waals surface area (Å²) in [6, 6.07) is 12.5. The molecule has 0 fully saturated rings. The molecule has 0 unspecified atom stereocenters. The zero-order valence-corrected chi connectivity index (χ0v) is 19.3. The Morgan fingerprint density at radius 1 is 1.12 bits per heavy atom. The quantitative estimate of drug-likeness (QED) is 0.289. The van der Waals surface area contributed by atoms with E-state index in [1.54, 1.807) is 36.8 Å². The molecule has 0 aliphatic heterocycles. The van der Waals surface area contributed by atoms with E-state index < -0.39 is 0 Å². The summed E-state index contributed by atoms with van der Waals surface area (Å²) >= 11 is 7.40. The maximum Gasteiger partial charge on any atom is 0.267 e. The maximum atomic E-state index is 12.6. The minimum absolute atomic E-state index is 0.174. The van der Waals surface area contributed by atoms with Gasteiger partial charge >= 0.3 is 0 Å². The van der Waals surface area contributed by atoms with Crippen LogP contribution in [0.15, 0.2) is 61.2 Å². The third kappa shape index (κ3) is 5.76. The third-order valence-electron chi connectivity index (χ3n) is 4.80. The molecule has 0 spiro atoms. The number of para-hydroxylation sites is 1. The summed E-state index contributed by atoms with van der Waals surface area (Å²) in [5, 5.41) is 9.89. The molecule has 0 aliphatic rings. The number of nitrogens with one attached hydrogen (secondary N) is 4. The van der Waals surface area contributed by atoms with Crippen LogP contribution < -0.4 is 16.0 Å².